The lowest BCUT2D eigenvalue weighted by molar-refractivity contribution is -0.210. The van der Waals surface area contributed by atoms with Crippen molar-refractivity contribution < 1.29 is 36.7 Å². The van der Waals surface area contributed by atoms with Gasteiger partial charge in [0.05, 0.1) is 11.6 Å². The topological polar surface area (TPSA) is 128 Å². The fourth-order valence-corrected chi connectivity index (χ4v) is 6.67. The molecule has 284 valence electrons. The summed E-state index contributed by atoms with van der Waals surface area (Å²) < 4.78 is 55.5. The van der Waals surface area contributed by atoms with Gasteiger partial charge in [0.2, 0.25) is 5.91 Å². The quantitative estimate of drug-likeness (QED) is 0.120. The molecule has 1 heterocycles. The number of halogens is 3. The summed E-state index contributed by atoms with van der Waals surface area (Å²) in [5, 5.41) is 8.94. The van der Waals surface area contributed by atoms with E-state index in [1.165, 1.54) is 12.3 Å². The molecule has 4 rings (SSSR count). The fourth-order valence-electron chi connectivity index (χ4n) is 5.40. The molecule has 1 aromatic heterocycles. The zero-order valence-corrected chi connectivity index (χ0v) is 32.0. The van der Waals surface area contributed by atoms with Crippen molar-refractivity contribution >= 4 is 42.7 Å². The summed E-state index contributed by atoms with van der Waals surface area (Å²) in [6.45, 7) is 11.2. The molecule has 0 aliphatic heterocycles. The van der Waals surface area contributed by atoms with E-state index in [1.54, 1.807) is 57.3 Å². The number of amides is 3. The summed E-state index contributed by atoms with van der Waals surface area (Å²) in [6.07, 6.45) is -6.96. The molecule has 0 radical (unpaired) electrons. The molecular weight excluding hydrogens is 706 g/mol. The minimum Gasteiger partial charge on any atom is -0.444 e. The van der Waals surface area contributed by atoms with Crippen LogP contribution in [0.2, 0.25) is 18.1 Å². The van der Waals surface area contributed by atoms with Crippen LogP contribution in [-0.4, -0.2) is 49.1 Å². The number of carbonyl (C=O) groups excluding carboxylic acids is 3. The molecule has 0 spiro atoms. The highest BCUT2D eigenvalue weighted by molar-refractivity contribution is 6.74. The van der Waals surface area contributed by atoms with E-state index in [1.807, 2.05) is 63.2 Å². The van der Waals surface area contributed by atoms with E-state index in [0.717, 1.165) is 20.9 Å². The molecule has 3 amide bonds. The first-order valence-electron chi connectivity index (χ1n) is 17.3. The van der Waals surface area contributed by atoms with Gasteiger partial charge in [0.25, 0.3) is 11.5 Å². The van der Waals surface area contributed by atoms with Gasteiger partial charge in [-0.25, -0.2) is 4.79 Å². The Labute approximate surface area is 308 Å². The Morgan fingerprint density at radius 3 is 2.17 bits per heavy atom. The van der Waals surface area contributed by atoms with Crippen LogP contribution in [0.5, 0.6) is 0 Å². The Bertz CT molecular complexity index is 1970. The zero-order valence-electron chi connectivity index (χ0n) is 31.0. The average molecular weight is 753 g/mol. The normalized spacial score (nSPS) is 13.3. The van der Waals surface area contributed by atoms with Crippen LogP contribution in [0.4, 0.5) is 23.7 Å². The first-order valence-corrected chi connectivity index (χ1v) is 20.2. The molecule has 3 N–H and O–H groups in total. The van der Waals surface area contributed by atoms with Crippen LogP contribution in [0.1, 0.15) is 56.1 Å². The third kappa shape index (κ3) is 10.6. The lowest BCUT2D eigenvalue weighted by Crippen LogP contribution is -2.59. The Morgan fingerprint density at radius 2 is 1.53 bits per heavy atom. The highest BCUT2D eigenvalue weighted by Crippen LogP contribution is 2.41. The van der Waals surface area contributed by atoms with Crippen molar-refractivity contribution in [3.8, 4) is 0 Å². The third-order valence-corrected chi connectivity index (χ3v) is 13.9. The fraction of sp³-hybridized carbons (Fsp3) is 0.385. The highest BCUT2D eigenvalue weighted by atomic mass is 28.4. The maximum Gasteiger partial charge on any atom is 0.415 e. The number of pyridine rings is 1. The number of carbonyl (C=O) groups is 3. The molecule has 3 aromatic carbocycles. The van der Waals surface area contributed by atoms with Crippen molar-refractivity contribution in [3.63, 3.8) is 0 Å². The molecule has 14 heteroatoms. The maximum absolute atomic E-state index is 14.5. The number of nitrogens with one attached hydrogen (secondary N) is 3. The Kier molecular flexibility index (Phi) is 12.9. The molecule has 0 bridgehead atoms. The number of alkyl halides is 3. The van der Waals surface area contributed by atoms with Crippen molar-refractivity contribution in [3.05, 3.63) is 112 Å². The number of aromatic nitrogens is 1. The van der Waals surface area contributed by atoms with Gasteiger partial charge < -0.3 is 24.4 Å². The van der Waals surface area contributed by atoms with E-state index in [2.05, 4.69) is 16.0 Å². The second-order valence-corrected chi connectivity index (χ2v) is 19.5. The average Bonchev–Trinajstić information content (AvgIpc) is 3.09. The first kappa shape index (κ1) is 40.8. The Hall–Kier alpha value is -4.95. The van der Waals surface area contributed by atoms with Crippen molar-refractivity contribution in [2.45, 2.75) is 90.8 Å². The van der Waals surface area contributed by atoms with Crippen molar-refractivity contribution in [2.75, 3.05) is 5.32 Å². The van der Waals surface area contributed by atoms with Gasteiger partial charge in [0, 0.05) is 12.7 Å². The molecule has 4 aromatic rings. The lowest BCUT2D eigenvalue weighted by Gasteiger charge is -2.42. The van der Waals surface area contributed by atoms with Gasteiger partial charge in [0.1, 0.15) is 18.8 Å². The highest BCUT2D eigenvalue weighted by Gasteiger charge is 2.52. The zero-order chi connectivity index (χ0) is 39.1. The van der Waals surface area contributed by atoms with E-state index in [4.69, 9.17) is 9.16 Å². The van der Waals surface area contributed by atoms with Gasteiger partial charge in [-0.15, -0.1) is 0 Å². The van der Waals surface area contributed by atoms with Crippen LogP contribution >= 0.6 is 0 Å². The van der Waals surface area contributed by atoms with Gasteiger partial charge in [0.15, 0.2) is 14.4 Å². The monoisotopic (exact) mass is 752 g/mol. The van der Waals surface area contributed by atoms with Crippen LogP contribution in [0.3, 0.4) is 0 Å². The van der Waals surface area contributed by atoms with E-state index < -0.39 is 73.3 Å². The second kappa shape index (κ2) is 16.8. The number of hydrogen-bond acceptors (Lipinski definition) is 6. The van der Waals surface area contributed by atoms with Crippen molar-refractivity contribution in [2.24, 2.45) is 5.92 Å². The summed E-state index contributed by atoms with van der Waals surface area (Å²) in [5.74, 6) is -2.29. The molecular formula is C39H47F3N4O6Si. The molecule has 53 heavy (non-hydrogen) atoms. The second-order valence-electron chi connectivity index (χ2n) is 14.7. The van der Waals surface area contributed by atoms with E-state index >= 15 is 0 Å². The molecule has 2 unspecified atom stereocenters. The molecule has 0 aliphatic rings. The van der Waals surface area contributed by atoms with E-state index in [0.29, 0.717) is 5.56 Å². The SMILES string of the molecule is CC(C)C(NC(=O)Cn1ccc(C(=O)NCc2cccc3ccccc23)c(NC(=O)OCc2ccccc2)c1=O)C(O[Si](C)(C)C(C)(C)C)C(F)(F)F. The summed E-state index contributed by atoms with van der Waals surface area (Å²) in [6, 6.07) is 21.8. The summed E-state index contributed by atoms with van der Waals surface area (Å²) >= 11 is 0. The molecule has 0 saturated heterocycles. The van der Waals surface area contributed by atoms with Gasteiger partial charge in [-0.1, -0.05) is 107 Å². The number of nitrogens with zero attached hydrogens (tertiary/aromatic N) is 1. The van der Waals surface area contributed by atoms with E-state index in [9.17, 15) is 32.3 Å². The molecule has 0 aliphatic carbocycles. The standard InChI is InChI=1S/C39H47F3N4O6Si/c1-25(2)32(34(39(40,41)42)52-53(6,7)38(3,4)5)44-31(47)23-46-21-20-30(33(36(46)49)45-37(50)51-24-26-14-9-8-10-15-26)35(48)43-22-28-18-13-17-27-16-11-12-19-29(27)28/h8-21,25,32,34H,22-24H2,1-7H3,(H,43,48)(H,44,47)(H,45,50). The predicted octanol–water partition coefficient (Wildman–Crippen LogP) is 7.77. The van der Waals surface area contributed by atoms with Crippen LogP contribution in [-0.2, 0) is 33.7 Å². The summed E-state index contributed by atoms with van der Waals surface area (Å²) in [7, 11) is -2.95. The van der Waals surface area contributed by atoms with Crippen molar-refractivity contribution in [1.82, 2.24) is 15.2 Å². The Balaban J connectivity index is 1.61. The lowest BCUT2D eigenvalue weighted by atomic mass is 9.98. The molecule has 0 fully saturated rings. The van der Waals surface area contributed by atoms with Gasteiger partial charge >= 0.3 is 12.3 Å². The largest absolute Gasteiger partial charge is 0.444 e. The number of fused-ring (bicyclic) bond motifs is 1. The molecule has 10 nitrogen and oxygen atoms in total. The molecule has 2 atom stereocenters. The predicted molar refractivity (Wildman–Crippen MR) is 201 cm³/mol. The van der Waals surface area contributed by atoms with Crippen LogP contribution in [0, 0.1) is 5.92 Å². The Morgan fingerprint density at radius 1 is 0.887 bits per heavy atom. The number of ether oxygens (including phenoxy) is 1. The number of hydrogen-bond donors (Lipinski definition) is 3. The number of rotatable bonds is 13. The minimum absolute atomic E-state index is 0.0947. The minimum atomic E-state index is -4.80. The first-order chi connectivity index (χ1) is 24.8. The van der Waals surface area contributed by atoms with E-state index in [-0.39, 0.29) is 18.7 Å². The van der Waals surface area contributed by atoms with Crippen LogP contribution in [0.25, 0.3) is 10.8 Å². The maximum atomic E-state index is 14.5. The van der Waals surface area contributed by atoms with Gasteiger partial charge in [-0.05, 0) is 52.0 Å². The smallest absolute Gasteiger partial charge is 0.415 e. The third-order valence-electron chi connectivity index (χ3n) is 9.41. The van der Waals surface area contributed by atoms with Crippen LogP contribution in [0.15, 0.2) is 89.9 Å². The number of benzene rings is 3. The van der Waals surface area contributed by atoms with Gasteiger partial charge in [-0.3, -0.25) is 19.7 Å². The summed E-state index contributed by atoms with van der Waals surface area (Å²) in [5.41, 5.74) is -0.132. The van der Waals surface area contributed by atoms with Crippen LogP contribution < -0.4 is 21.5 Å². The summed E-state index contributed by atoms with van der Waals surface area (Å²) in [4.78, 5) is 53.7. The molecule has 0 saturated carbocycles. The van der Waals surface area contributed by atoms with Gasteiger partial charge in [-0.2, -0.15) is 13.2 Å². The van der Waals surface area contributed by atoms with Crippen molar-refractivity contribution in [1.29, 1.82) is 0 Å². The number of anilines is 1.